The molecule has 1 N–H and O–H groups in total. The second-order valence-electron chi connectivity index (χ2n) is 3.82. The maximum absolute atomic E-state index is 6.24. The molecular formula is C12H16ClN5. The molecule has 2 aromatic rings. The molecule has 0 saturated heterocycles. The molecule has 0 saturated carbocycles. The average molecular weight is 266 g/mol. The van der Waals surface area contributed by atoms with E-state index in [9.17, 15) is 0 Å². The normalized spacial score (nSPS) is 12.6. The van der Waals surface area contributed by atoms with Gasteiger partial charge < -0.3 is 5.32 Å². The van der Waals surface area contributed by atoms with Crippen LogP contribution in [0.5, 0.6) is 0 Å². The highest BCUT2D eigenvalue weighted by Gasteiger charge is 2.21. The van der Waals surface area contributed by atoms with Gasteiger partial charge in [-0.15, -0.1) is 0 Å². The molecule has 6 heteroatoms. The summed E-state index contributed by atoms with van der Waals surface area (Å²) in [5.41, 5.74) is 1.84. The molecule has 0 aliphatic rings. The van der Waals surface area contributed by atoms with Crippen LogP contribution in [-0.4, -0.2) is 26.3 Å². The Balaban J connectivity index is 2.44. The number of nitrogens with one attached hydrogen (secondary N) is 1. The highest BCUT2D eigenvalue weighted by atomic mass is 35.5. The van der Waals surface area contributed by atoms with Gasteiger partial charge in [0.15, 0.2) is 0 Å². The van der Waals surface area contributed by atoms with E-state index in [2.05, 4.69) is 27.3 Å². The van der Waals surface area contributed by atoms with E-state index in [4.69, 9.17) is 11.6 Å². The molecule has 1 atom stereocenters. The van der Waals surface area contributed by atoms with Crippen LogP contribution < -0.4 is 5.32 Å². The van der Waals surface area contributed by atoms with Gasteiger partial charge in [0.05, 0.1) is 28.6 Å². The second-order valence-corrected chi connectivity index (χ2v) is 4.23. The van der Waals surface area contributed by atoms with Crippen LogP contribution >= 0.6 is 11.6 Å². The Morgan fingerprint density at radius 2 is 2.28 bits per heavy atom. The fraction of sp³-hybridized carbons (Fsp3) is 0.417. The SMILES string of the molecule is CCNC(c1ccncn1)c1c(Cl)cnn1CC. The van der Waals surface area contributed by atoms with Gasteiger partial charge in [-0.05, 0) is 19.5 Å². The summed E-state index contributed by atoms with van der Waals surface area (Å²) in [4.78, 5) is 8.24. The van der Waals surface area contributed by atoms with Crippen LogP contribution in [0.4, 0.5) is 0 Å². The predicted molar refractivity (Wildman–Crippen MR) is 70.5 cm³/mol. The van der Waals surface area contributed by atoms with Gasteiger partial charge in [0.1, 0.15) is 6.33 Å². The topological polar surface area (TPSA) is 55.6 Å². The number of hydrogen-bond donors (Lipinski definition) is 1. The lowest BCUT2D eigenvalue weighted by Gasteiger charge is -2.18. The van der Waals surface area contributed by atoms with E-state index in [0.29, 0.717) is 5.02 Å². The molecule has 0 amide bonds. The van der Waals surface area contributed by atoms with Crippen molar-refractivity contribution in [2.75, 3.05) is 6.54 Å². The van der Waals surface area contributed by atoms with Gasteiger partial charge in [0, 0.05) is 12.7 Å². The Kier molecular flexibility index (Phi) is 4.28. The highest BCUT2D eigenvalue weighted by Crippen LogP contribution is 2.26. The molecular weight excluding hydrogens is 250 g/mol. The fourth-order valence-electron chi connectivity index (χ4n) is 1.93. The summed E-state index contributed by atoms with van der Waals surface area (Å²) >= 11 is 6.24. The molecule has 0 fully saturated rings. The first-order valence-corrected chi connectivity index (χ1v) is 6.36. The maximum Gasteiger partial charge on any atom is 0.115 e. The third-order valence-corrected chi connectivity index (χ3v) is 3.01. The van der Waals surface area contributed by atoms with Crippen LogP contribution in [-0.2, 0) is 6.54 Å². The van der Waals surface area contributed by atoms with Gasteiger partial charge >= 0.3 is 0 Å². The minimum atomic E-state index is -0.0621. The monoisotopic (exact) mass is 265 g/mol. The minimum Gasteiger partial charge on any atom is -0.304 e. The van der Waals surface area contributed by atoms with Gasteiger partial charge in [0.2, 0.25) is 0 Å². The van der Waals surface area contributed by atoms with Gasteiger partial charge in [0.25, 0.3) is 0 Å². The lowest BCUT2D eigenvalue weighted by molar-refractivity contribution is 0.534. The molecule has 96 valence electrons. The molecule has 0 aliphatic heterocycles. The third kappa shape index (κ3) is 2.52. The van der Waals surface area contributed by atoms with Crippen LogP contribution in [0.3, 0.4) is 0 Å². The first kappa shape index (κ1) is 13.0. The van der Waals surface area contributed by atoms with Crippen molar-refractivity contribution in [3.05, 3.63) is 41.2 Å². The zero-order valence-electron chi connectivity index (χ0n) is 10.5. The molecule has 18 heavy (non-hydrogen) atoms. The first-order chi connectivity index (χ1) is 8.77. The summed E-state index contributed by atoms with van der Waals surface area (Å²) in [5.74, 6) is 0. The van der Waals surface area contributed by atoms with Crippen molar-refractivity contribution in [2.45, 2.75) is 26.4 Å². The van der Waals surface area contributed by atoms with Crippen molar-refractivity contribution < 1.29 is 0 Å². The number of nitrogens with zero attached hydrogens (tertiary/aromatic N) is 4. The fourth-order valence-corrected chi connectivity index (χ4v) is 2.18. The lowest BCUT2D eigenvalue weighted by atomic mass is 10.1. The smallest absolute Gasteiger partial charge is 0.115 e. The number of rotatable bonds is 5. The standard InChI is InChI=1S/C12H16ClN5/c1-3-15-11(10-5-6-14-8-16-10)12-9(13)7-17-18(12)4-2/h5-8,11,15H,3-4H2,1-2H3. The van der Waals surface area contributed by atoms with Crippen LogP contribution in [0.2, 0.25) is 5.02 Å². The molecule has 0 bridgehead atoms. The highest BCUT2D eigenvalue weighted by molar-refractivity contribution is 6.31. The molecule has 5 nitrogen and oxygen atoms in total. The number of hydrogen-bond acceptors (Lipinski definition) is 4. The molecule has 0 spiro atoms. The molecule has 2 heterocycles. The van der Waals surface area contributed by atoms with Gasteiger partial charge in [-0.25, -0.2) is 9.97 Å². The van der Waals surface area contributed by atoms with Crippen LogP contribution in [0.15, 0.2) is 24.8 Å². The first-order valence-electron chi connectivity index (χ1n) is 5.98. The van der Waals surface area contributed by atoms with Crippen molar-refractivity contribution in [3.63, 3.8) is 0 Å². The quantitative estimate of drug-likeness (QED) is 0.899. The Morgan fingerprint density at radius 3 is 2.89 bits per heavy atom. The van der Waals surface area contributed by atoms with E-state index in [-0.39, 0.29) is 6.04 Å². The number of aromatic nitrogens is 4. The summed E-state index contributed by atoms with van der Waals surface area (Å²) in [6.45, 7) is 5.68. The Hall–Kier alpha value is -1.46. The molecule has 2 rings (SSSR count). The minimum absolute atomic E-state index is 0.0621. The largest absolute Gasteiger partial charge is 0.304 e. The molecule has 0 aromatic carbocycles. The zero-order chi connectivity index (χ0) is 13.0. The van der Waals surface area contributed by atoms with E-state index in [1.165, 1.54) is 0 Å². The second kappa shape index (κ2) is 5.93. The number of halogens is 1. The summed E-state index contributed by atoms with van der Waals surface area (Å²) in [6.07, 6.45) is 4.94. The van der Waals surface area contributed by atoms with Crippen molar-refractivity contribution in [1.29, 1.82) is 0 Å². The molecule has 0 radical (unpaired) electrons. The van der Waals surface area contributed by atoms with Crippen LogP contribution in [0, 0.1) is 0 Å². The van der Waals surface area contributed by atoms with E-state index in [0.717, 1.165) is 24.5 Å². The van der Waals surface area contributed by atoms with E-state index < -0.39 is 0 Å². The number of aryl methyl sites for hydroxylation is 1. The lowest BCUT2D eigenvalue weighted by Crippen LogP contribution is -2.26. The van der Waals surface area contributed by atoms with Gasteiger partial charge in [-0.2, -0.15) is 5.10 Å². The van der Waals surface area contributed by atoms with Crippen molar-refractivity contribution >= 4 is 11.6 Å². The van der Waals surface area contributed by atoms with Gasteiger partial charge in [-0.1, -0.05) is 18.5 Å². The Bertz CT molecular complexity index is 496. The summed E-state index contributed by atoms with van der Waals surface area (Å²) in [6, 6.07) is 1.82. The van der Waals surface area contributed by atoms with Crippen molar-refractivity contribution in [2.24, 2.45) is 0 Å². The Morgan fingerprint density at radius 1 is 1.44 bits per heavy atom. The van der Waals surface area contributed by atoms with E-state index in [1.54, 1.807) is 18.7 Å². The average Bonchev–Trinajstić information content (AvgIpc) is 2.78. The zero-order valence-corrected chi connectivity index (χ0v) is 11.2. The molecule has 0 aliphatic carbocycles. The van der Waals surface area contributed by atoms with E-state index >= 15 is 0 Å². The third-order valence-electron chi connectivity index (χ3n) is 2.72. The molecule has 1 unspecified atom stereocenters. The Labute approximate surface area is 111 Å². The van der Waals surface area contributed by atoms with Crippen molar-refractivity contribution in [3.8, 4) is 0 Å². The summed E-state index contributed by atoms with van der Waals surface area (Å²) < 4.78 is 1.89. The van der Waals surface area contributed by atoms with Crippen molar-refractivity contribution in [1.82, 2.24) is 25.1 Å². The van der Waals surface area contributed by atoms with Gasteiger partial charge in [-0.3, -0.25) is 4.68 Å². The summed E-state index contributed by atoms with van der Waals surface area (Å²) in [5, 5.41) is 8.30. The predicted octanol–water partition coefficient (Wildman–Crippen LogP) is 2.05. The van der Waals surface area contributed by atoms with Crippen LogP contribution in [0.1, 0.15) is 31.3 Å². The maximum atomic E-state index is 6.24. The van der Waals surface area contributed by atoms with E-state index in [1.807, 2.05) is 17.7 Å². The van der Waals surface area contributed by atoms with Crippen LogP contribution in [0.25, 0.3) is 0 Å². The summed E-state index contributed by atoms with van der Waals surface area (Å²) in [7, 11) is 0. The molecule has 2 aromatic heterocycles.